The van der Waals surface area contributed by atoms with E-state index < -0.39 is 0 Å². The molecule has 104 valence electrons. The minimum atomic E-state index is -0.0876. The maximum Gasteiger partial charge on any atom is 0.0816 e. The Balaban J connectivity index is 2.08. The van der Waals surface area contributed by atoms with Crippen molar-refractivity contribution < 1.29 is 4.74 Å². The van der Waals surface area contributed by atoms with Crippen molar-refractivity contribution in [2.24, 2.45) is 5.73 Å². The van der Waals surface area contributed by atoms with Gasteiger partial charge in [0, 0.05) is 25.6 Å². The molecule has 19 heavy (non-hydrogen) atoms. The first-order valence-corrected chi connectivity index (χ1v) is 7.09. The van der Waals surface area contributed by atoms with Crippen molar-refractivity contribution in [2.75, 3.05) is 26.2 Å². The Morgan fingerprint density at radius 2 is 2.11 bits per heavy atom. The molecule has 1 aliphatic rings. The third kappa shape index (κ3) is 4.00. The summed E-state index contributed by atoms with van der Waals surface area (Å²) in [6.45, 7) is 7.74. The third-order valence-electron chi connectivity index (χ3n) is 3.49. The first-order chi connectivity index (χ1) is 8.98. The maximum absolute atomic E-state index is 5.93. The molecule has 0 aliphatic carbocycles. The van der Waals surface area contributed by atoms with E-state index in [1.54, 1.807) is 0 Å². The van der Waals surface area contributed by atoms with E-state index in [0.717, 1.165) is 26.2 Å². The summed E-state index contributed by atoms with van der Waals surface area (Å²) in [6, 6.07) is 10.3. The van der Waals surface area contributed by atoms with Crippen LogP contribution in [0.3, 0.4) is 0 Å². The Hall–Kier alpha value is -0.970. The summed E-state index contributed by atoms with van der Waals surface area (Å²) in [5.74, 6) is 0.116. The second kappa shape index (κ2) is 5.99. The fraction of sp³-hybridized carbons (Fsp3) is 0.533. The van der Waals surface area contributed by atoms with Gasteiger partial charge in [0.15, 0.2) is 0 Å². The summed E-state index contributed by atoms with van der Waals surface area (Å²) in [5.41, 5.74) is 7.03. The zero-order chi connectivity index (χ0) is 13.9. The zero-order valence-corrected chi connectivity index (χ0v) is 12.5. The first-order valence-electron chi connectivity index (χ1n) is 6.68. The van der Waals surface area contributed by atoms with Gasteiger partial charge in [-0.15, -0.1) is 0 Å². The molecule has 2 N–H and O–H groups in total. The summed E-state index contributed by atoms with van der Waals surface area (Å²) >= 11 is 5.24. The Kier molecular flexibility index (Phi) is 4.55. The highest BCUT2D eigenvalue weighted by molar-refractivity contribution is 7.80. The van der Waals surface area contributed by atoms with E-state index in [2.05, 4.69) is 30.9 Å². The van der Waals surface area contributed by atoms with Crippen molar-refractivity contribution in [1.29, 1.82) is 0 Å². The fourth-order valence-corrected chi connectivity index (χ4v) is 2.78. The predicted molar refractivity (Wildman–Crippen MR) is 82.4 cm³/mol. The average Bonchev–Trinajstić information content (AvgIpc) is 2.35. The van der Waals surface area contributed by atoms with E-state index in [4.69, 9.17) is 22.7 Å². The Labute approximate surface area is 120 Å². The molecule has 1 heterocycles. The SMILES string of the molecule is CC1(C)CN(CC(C(N)=S)c2ccccc2)CCO1. The number of nitrogens with zero attached hydrogens (tertiary/aromatic N) is 1. The van der Waals surface area contributed by atoms with Crippen LogP contribution in [0.2, 0.25) is 0 Å². The number of thiocarbonyl (C=S) groups is 1. The van der Waals surface area contributed by atoms with Gasteiger partial charge in [0.05, 0.1) is 17.2 Å². The molecule has 0 aromatic heterocycles. The van der Waals surface area contributed by atoms with Gasteiger partial charge in [-0.05, 0) is 19.4 Å². The quantitative estimate of drug-likeness (QED) is 0.857. The third-order valence-corrected chi connectivity index (χ3v) is 3.78. The topological polar surface area (TPSA) is 38.5 Å². The van der Waals surface area contributed by atoms with Gasteiger partial charge >= 0.3 is 0 Å². The highest BCUT2D eigenvalue weighted by Crippen LogP contribution is 2.22. The van der Waals surface area contributed by atoms with Crippen LogP contribution in [-0.2, 0) is 4.74 Å². The van der Waals surface area contributed by atoms with E-state index >= 15 is 0 Å². The van der Waals surface area contributed by atoms with Crippen LogP contribution < -0.4 is 5.73 Å². The lowest BCUT2D eigenvalue weighted by molar-refractivity contribution is -0.0860. The molecule has 0 spiro atoms. The molecule has 2 rings (SSSR count). The van der Waals surface area contributed by atoms with E-state index in [-0.39, 0.29) is 11.5 Å². The Morgan fingerprint density at radius 1 is 1.42 bits per heavy atom. The van der Waals surface area contributed by atoms with Gasteiger partial charge in [0.2, 0.25) is 0 Å². The van der Waals surface area contributed by atoms with Crippen LogP contribution in [0.25, 0.3) is 0 Å². The summed E-state index contributed by atoms with van der Waals surface area (Å²) in [4.78, 5) is 2.95. The molecule has 1 aromatic carbocycles. The second-order valence-electron chi connectivity index (χ2n) is 5.71. The molecule has 0 amide bonds. The smallest absolute Gasteiger partial charge is 0.0816 e. The summed E-state index contributed by atoms with van der Waals surface area (Å²) in [6.07, 6.45) is 0. The zero-order valence-electron chi connectivity index (χ0n) is 11.6. The van der Waals surface area contributed by atoms with Gasteiger partial charge in [0.25, 0.3) is 0 Å². The van der Waals surface area contributed by atoms with Crippen molar-refractivity contribution in [3.63, 3.8) is 0 Å². The molecule has 1 fully saturated rings. The molecule has 0 saturated carbocycles. The van der Waals surface area contributed by atoms with Crippen LogP contribution in [0.4, 0.5) is 0 Å². The van der Waals surface area contributed by atoms with Gasteiger partial charge in [-0.25, -0.2) is 0 Å². The Morgan fingerprint density at radius 3 is 2.68 bits per heavy atom. The van der Waals surface area contributed by atoms with Gasteiger partial charge in [0.1, 0.15) is 0 Å². The van der Waals surface area contributed by atoms with Crippen molar-refractivity contribution in [3.05, 3.63) is 35.9 Å². The van der Waals surface area contributed by atoms with Crippen LogP contribution >= 0.6 is 12.2 Å². The second-order valence-corrected chi connectivity index (χ2v) is 6.18. The maximum atomic E-state index is 5.93. The molecule has 1 unspecified atom stereocenters. The minimum Gasteiger partial charge on any atom is -0.393 e. The normalized spacial score (nSPS) is 20.9. The lowest BCUT2D eigenvalue weighted by Crippen LogP contribution is -2.50. The number of nitrogens with two attached hydrogens (primary N) is 1. The van der Waals surface area contributed by atoms with Gasteiger partial charge in [-0.2, -0.15) is 0 Å². The largest absolute Gasteiger partial charge is 0.393 e. The summed E-state index contributed by atoms with van der Waals surface area (Å²) < 4.78 is 5.74. The van der Waals surface area contributed by atoms with E-state index in [9.17, 15) is 0 Å². The highest BCUT2D eigenvalue weighted by atomic mass is 32.1. The molecular formula is C15H22N2OS. The lowest BCUT2D eigenvalue weighted by atomic mass is 9.97. The lowest BCUT2D eigenvalue weighted by Gasteiger charge is -2.39. The summed E-state index contributed by atoms with van der Waals surface area (Å²) in [5, 5.41) is 0. The molecular weight excluding hydrogens is 256 g/mol. The monoisotopic (exact) mass is 278 g/mol. The van der Waals surface area contributed by atoms with Crippen molar-refractivity contribution >= 4 is 17.2 Å². The molecule has 4 heteroatoms. The van der Waals surface area contributed by atoms with E-state index in [1.165, 1.54) is 5.56 Å². The molecule has 0 bridgehead atoms. The molecule has 1 atom stereocenters. The fourth-order valence-electron chi connectivity index (χ4n) is 2.57. The van der Waals surface area contributed by atoms with Crippen LogP contribution in [0.1, 0.15) is 25.3 Å². The average molecular weight is 278 g/mol. The van der Waals surface area contributed by atoms with Gasteiger partial charge in [-0.1, -0.05) is 42.5 Å². The number of ether oxygens (including phenoxy) is 1. The van der Waals surface area contributed by atoms with Crippen LogP contribution in [-0.4, -0.2) is 41.7 Å². The minimum absolute atomic E-state index is 0.0876. The van der Waals surface area contributed by atoms with E-state index in [0.29, 0.717) is 4.99 Å². The van der Waals surface area contributed by atoms with Crippen LogP contribution in [0, 0.1) is 0 Å². The van der Waals surface area contributed by atoms with Gasteiger partial charge < -0.3 is 10.5 Å². The predicted octanol–water partition coefficient (Wildman–Crippen LogP) is 2.17. The number of hydrogen-bond acceptors (Lipinski definition) is 3. The number of morpholine rings is 1. The van der Waals surface area contributed by atoms with Crippen molar-refractivity contribution in [3.8, 4) is 0 Å². The van der Waals surface area contributed by atoms with Crippen molar-refractivity contribution in [1.82, 2.24) is 4.90 Å². The molecule has 3 nitrogen and oxygen atoms in total. The van der Waals surface area contributed by atoms with Crippen LogP contribution in [0.15, 0.2) is 30.3 Å². The molecule has 1 aliphatic heterocycles. The van der Waals surface area contributed by atoms with Crippen LogP contribution in [0.5, 0.6) is 0 Å². The molecule has 1 saturated heterocycles. The van der Waals surface area contributed by atoms with Crippen molar-refractivity contribution in [2.45, 2.75) is 25.4 Å². The number of rotatable bonds is 4. The van der Waals surface area contributed by atoms with Gasteiger partial charge in [-0.3, -0.25) is 4.90 Å². The standard InChI is InChI=1S/C15H22N2OS/c1-15(2)11-17(8-9-18-15)10-13(14(16)19)12-6-4-3-5-7-12/h3-7,13H,8-11H2,1-2H3,(H2,16,19). The van der Waals surface area contributed by atoms with E-state index in [1.807, 2.05) is 18.2 Å². The number of benzene rings is 1. The molecule has 1 aromatic rings. The first kappa shape index (κ1) is 14.4. The Bertz CT molecular complexity index is 433. The highest BCUT2D eigenvalue weighted by Gasteiger charge is 2.29. The summed E-state index contributed by atoms with van der Waals surface area (Å²) in [7, 11) is 0. The number of hydrogen-bond donors (Lipinski definition) is 1. The molecule has 0 radical (unpaired) electrons.